The van der Waals surface area contributed by atoms with E-state index < -0.39 is 0 Å². The number of hydrogen-bond donors (Lipinski definition) is 0. The molecule has 1 aliphatic rings. The molecule has 0 radical (unpaired) electrons. The molecule has 2 unspecified atom stereocenters. The number of halogens is 1. The van der Waals surface area contributed by atoms with Crippen LogP contribution in [-0.2, 0) is 5.41 Å². The highest BCUT2D eigenvalue weighted by Gasteiger charge is 2.50. The van der Waals surface area contributed by atoms with Crippen molar-refractivity contribution in [1.29, 1.82) is 0 Å². The first kappa shape index (κ1) is 9.08. The monoisotopic (exact) mass is 194 g/mol. The smallest absolute Gasteiger partial charge is 0.0260 e. The molecule has 0 N–H and O–H groups in total. The zero-order valence-electron chi connectivity index (χ0n) is 8.18. The van der Waals surface area contributed by atoms with Gasteiger partial charge in [0.1, 0.15) is 0 Å². The van der Waals surface area contributed by atoms with Gasteiger partial charge < -0.3 is 0 Å². The van der Waals surface area contributed by atoms with Crippen molar-refractivity contribution in [3.05, 3.63) is 35.4 Å². The molecule has 0 heterocycles. The van der Waals surface area contributed by atoms with Crippen molar-refractivity contribution in [3.63, 3.8) is 0 Å². The first-order valence-corrected chi connectivity index (χ1v) is 5.33. The molecule has 70 valence electrons. The third-order valence-electron chi connectivity index (χ3n) is 3.28. The van der Waals surface area contributed by atoms with E-state index in [2.05, 4.69) is 38.1 Å². The van der Waals surface area contributed by atoms with E-state index in [1.54, 1.807) is 0 Å². The van der Waals surface area contributed by atoms with Crippen LogP contribution >= 0.6 is 11.6 Å². The lowest BCUT2D eigenvalue weighted by Crippen LogP contribution is -2.05. The van der Waals surface area contributed by atoms with E-state index >= 15 is 0 Å². The Morgan fingerprint density at radius 3 is 2.85 bits per heavy atom. The fraction of sp³-hybridized carbons (Fsp3) is 0.500. The van der Waals surface area contributed by atoms with Crippen LogP contribution < -0.4 is 0 Å². The highest BCUT2D eigenvalue weighted by atomic mass is 35.5. The molecule has 1 heteroatoms. The first-order chi connectivity index (χ1) is 6.16. The van der Waals surface area contributed by atoms with Gasteiger partial charge in [0, 0.05) is 5.88 Å². The van der Waals surface area contributed by atoms with Gasteiger partial charge >= 0.3 is 0 Å². The summed E-state index contributed by atoms with van der Waals surface area (Å²) < 4.78 is 0. The Morgan fingerprint density at radius 2 is 2.31 bits per heavy atom. The Kier molecular flexibility index (Phi) is 2.11. The van der Waals surface area contributed by atoms with Gasteiger partial charge in [0.05, 0.1) is 0 Å². The Hall–Kier alpha value is -0.490. The second kappa shape index (κ2) is 3.02. The number of benzene rings is 1. The molecule has 1 fully saturated rings. The number of rotatable bonds is 2. The van der Waals surface area contributed by atoms with Gasteiger partial charge in [0.15, 0.2) is 0 Å². The maximum Gasteiger partial charge on any atom is 0.0260 e. The van der Waals surface area contributed by atoms with Crippen LogP contribution in [0.5, 0.6) is 0 Å². The van der Waals surface area contributed by atoms with Gasteiger partial charge in [-0.15, -0.1) is 11.6 Å². The Bertz CT molecular complexity index is 319. The van der Waals surface area contributed by atoms with Gasteiger partial charge in [0.25, 0.3) is 0 Å². The third-order valence-corrected chi connectivity index (χ3v) is 3.65. The average Bonchev–Trinajstić information content (AvgIpc) is 2.79. The van der Waals surface area contributed by atoms with Crippen molar-refractivity contribution in [2.75, 3.05) is 5.88 Å². The highest BCUT2D eigenvalue weighted by Crippen LogP contribution is 2.54. The molecule has 2 rings (SSSR count). The van der Waals surface area contributed by atoms with Crippen LogP contribution in [0, 0.1) is 12.8 Å². The van der Waals surface area contributed by atoms with Crippen molar-refractivity contribution in [3.8, 4) is 0 Å². The van der Waals surface area contributed by atoms with E-state index in [-0.39, 0.29) is 0 Å². The summed E-state index contributed by atoms with van der Waals surface area (Å²) in [4.78, 5) is 0. The summed E-state index contributed by atoms with van der Waals surface area (Å²) in [7, 11) is 0. The maximum absolute atomic E-state index is 5.87. The minimum Gasteiger partial charge on any atom is -0.126 e. The minimum absolute atomic E-state index is 0.369. The molecule has 1 aromatic rings. The largest absolute Gasteiger partial charge is 0.126 e. The van der Waals surface area contributed by atoms with Crippen LogP contribution in [0.25, 0.3) is 0 Å². The summed E-state index contributed by atoms with van der Waals surface area (Å²) >= 11 is 5.87. The standard InChI is InChI=1S/C12H15Cl/c1-9-4-3-5-10(6-9)12(2)7-11(12)8-13/h3-6,11H,7-8H2,1-2H3. The van der Waals surface area contributed by atoms with Crippen LogP contribution in [0.1, 0.15) is 24.5 Å². The normalized spacial score (nSPS) is 31.8. The molecular weight excluding hydrogens is 180 g/mol. The van der Waals surface area contributed by atoms with Crippen LogP contribution in [0.3, 0.4) is 0 Å². The molecule has 1 aromatic carbocycles. The molecule has 2 atom stereocenters. The van der Waals surface area contributed by atoms with E-state index in [0.717, 1.165) is 5.88 Å². The molecule has 0 nitrogen and oxygen atoms in total. The molecule has 1 saturated carbocycles. The molecule has 0 spiro atoms. The van der Waals surface area contributed by atoms with E-state index in [9.17, 15) is 0 Å². The molecule has 0 amide bonds. The Balaban J connectivity index is 2.27. The van der Waals surface area contributed by atoms with Crippen LogP contribution in [-0.4, -0.2) is 5.88 Å². The van der Waals surface area contributed by atoms with E-state index in [1.165, 1.54) is 17.5 Å². The minimum atomic E-state index is 0.369. The molecule has 0 aromatic heterocycles. The predicted octanol–water partition coefficient (Wildman–Crippen LogP) is 3.51. The highest BCUT2D eigenvalue weighted by molar-refractivity contribution is 6.18. The summed E-state index contributed by atoms with van der Waals surface area (Å²) in [5.74, 6) is 1.49. The lowest BCUT2D eigenvalue weighted by molar-refractivity contribution is 0.705. The second-order valence-electron chi connectivity index (χ2n) is 4.34. The quantitative estimate of drug-likeness (QED) is 0.633. The number of alkyl halides is 1. The van der Waals surface area contributed by atoms with Crippen molar-refractivity contribution in [1.82, 2.24) is 0 Å². The maximum atomic E-state index is 5.87. The fourth-order valence-electron chi connectivity index (χ4n) is 2.03. The topological polar surface area (TPSA) is 0 Å². The van der Waals surface area contributed by atoms with Crippen LogP contribution in [0.2, 0.25) is 0 Å². The Morgan fingerprint density at radius 1 is 1.54 bits per heavy atom. The molecule has 13 heavy (non-hydrogen) atoms. The van der Waals surface area contributed by atoms with Gasteiger partial charge in [-0.2, -0.15) is 0 Å². The summed E-state index contributed by atoms with van der Waals surface area (Å²) in [6, 6.07) is 8.79. The number of aryl methyl sites for hydroxylation is 1. The van der Waals surface area contributed by atoms with Crippen LogP contribution in [0.4, 0.5) is 0 Å². The molecule has 0 aliphatic heterocycles. The van der Waals surface area contributed by atoms with Crippen molar-refractivity contribution in [2.24, 2.45) is 5.92 Å². The summed E-state index contributed by atoms with van der Waals surface area (Å²) in [6.07, 6.45) is 1.25. The predicted molar refractivity (Wildman–Crippen MR) is 57.4 cm³/mol. The van der Waals surface area contributed by atoms with Crippen LogP contribution in [0.15, 0.2) is 24.3 Å². The van der Waals surface area contributed by atoms with Gasteiger partial charge in [-0.1, -0.05) is 36.8 Å². The van der Waals surface area contributed by atoms with Crippen molar-refractivity contribution in [2.45, 2.75) is 25.7 Å². The number of hydrogen-bond acceptors (Lipinski definition) is 0. The summed E-state index contributed by atoms with van der Waals surface area (Å²) in [5, 5.41) is 0. The molecule has 0 bridgehead atoms. The van der Waals surface area contributed by atoms with E-state index in [4.69, 9.17) is 11.6 Å². The van der Waals surface area contributed by atoms with E-state index in [0.29, 0.717) is 11.3 Å². The van der Waals surface area contributed by atoms with Gasteiger partial charge in [-0.05, 0) is 30.2 Å². The summed E-state index contributed by atoms with van der Waals surface area (Å²) in [5.41, 5.74) is 3.17. The molecular formula is C12H15Cl. The lowest BCUT2D eigenvalue weighted by atomic mass is 9.94. The molecule has 1 aliphatic carbocycles. The fourth-order valence-corrected chi connectivity index (χ4v) is 2.48. The molecule has 0 saturated heterocycles. The van der Waals surface area contributed by atoms with Gasteiger partial charge in [-0.3, -0.25) is 0 Å². The van der Waals surface area contributed by atoms with Gasteiger partial charge in [0.2, 0.25) is 0 Å². The van der Waals surface area contributed by atoms with E-state index in [1.807, 2.05) is 0 Å². The zero-order valence-corrected chi connectivity index (χ0v) is 8.93. The van der Waals surface area contributed by atoms with Gasteiger partial charge in [-0.25, -0.2) is 0 Å². The Labute approximate surface area is 84.9 Å². The average molecular weight is 195 g/mol. The lowest BCUT2D eigenvalue weighted by Gasteiger charge is -2.11. The third kappa shape index (κ3) is 1.48. The van der Waals surface area contributed by atoms with Crippen molar-refractivity contribution < 1.29 is 0 Å². The summed E-state index contributed by atoms with van der Waals surface area (Å²) in [6.45, 7) is 4.46. The first-order valence-electron chi connectivity index (χ1n) is 4.80. The zero-order chi connectivity index (χ0) is 9.47. The SMILES string of the molecule is Cc1cccc(C2(C)CC2CCl)c1. The van der Waals surface area contributed by atoms with Crippen molar-refractivity contribution >= 4 is 11.6 Å². The second-order valence-corrected chi connectivity index (χ2v) is 4.65.